The third kappa shape index (κ3) is 3.65. The van der Waals surface area contributed by atoms with E-state index in [0.717, 1.165) is 16.9 Å². The third-order valence-corrected chi connectivity index (χ3v) is 1.91. The lowest BCUT2D eigenvalue weighted by atomic mass is 10.1. The molecule has 2 nitrogen and oxygen atoms in total. The summed E-state index contributed by atoms with van der Waals surface area (Å²) >= 11 is 0. The molecule has 0 fully saturated rings. The predicted octanol–water partition coefficient (Wildman–Crippen LogP) is 2.13. The lowest BCUT2D eigenvalue weighted by Gasteiger charge is -2.07. The van der Waals surface area contributed by atoms with E-state index in [2.05, 4.69) is 11.8 Å². The molecule has 0 saturated heterocycles. The van der Waals surface area contributed by atoms with Crippen LogP contribution in [0.2, 0.25) is 0 Å². The van der Waals surface area contributed by atoms with Crippen molar-refractivity contribution in [2.75, 3.05) is 7.11 Å². The van der Waals surface area contributed by atoms with Crippen molar-refractivity contribution in [3.05, 3.63) is 29.3 Å². The summed E-state index contributed by atoms with van der Waals surface area (Å²) in [6.07, 6.45) is 0. The Morgan fingerprint density at radius 3 is 2.47 bits per heavy atom. The zero-order chi connectivity index (χ0) is 11.5. The van der Waals surface area contributed by atoms with Crippen LogP contribution < -0.4 is 4.74 Å². The second kappa shape index (κ2) is 4.37. The summed E-state index contributed by atoms with van der Waals surface area (Å²) in [5.41, 5.74) is 0.976. The monoisotopic (exact) mass is 204 g/mol. The predicted molar refractivity (Wildman–Crippen MR) is 60.9 cm³/mol. The van der Waals surface area contributed by atoms with Gasteiger partial charge < -0.3 is 9.84 Å². The Labute approximate surface area is 90.9 Å². The average molecular weight is 204 g/mol. The minimum Gasteiger partial charge on any atom is -0.496 e. The summed E-state index contributed by atoms with van der Waals surface area (Å²) in [7, 11) is 1.64. The van der Waals surface area contributed by atoms with Gasteiger partial charge in [0.25, 0.3) is 0 Å². The second-order valence-electron chi connectivity index (χ2n) is 3.99. The summed E-state index contributed by atoms with van der Waals surface area (Å²) in [5, 5.41) is 9.45. The van der Waals surface area contributed by atoms with Gasteiger partial charge in [-0.1, -0.05) is 11.8 Å². The Morgan fingerprint density at radius 2 is 2.00 bits per heavy atom. The fourth-order valence-corrected chi connectivity index (χ4v) is 1.18. The van der Waals surface area contributed by atoms with Gasteiger partial charge in [0, 0.05) is 5.56 Å². The van der Waals surface area contributed by atoms with Gasteiger partial charge in [-0.3, -0.25) is 0 Å². The number of hydrogen-bond acceptors (Lipinski definition) is 2. The normalized spacial score (nSPS) is 10.5. The van der Waals surface area contributed by atoms with Crippen molar-refractivity contribution in [2.24, 2.45) is 0 Å². The summed E-state index contributed by atoms with van der Waals surface area (Å²) in [5.74, 6) is 6.54. The summed E-state index contributed by atoms with van der Waals surface area (Å²) in [6.45, 7) is 5.29. The van der Waals surface area contributed by atoms with Crippen LogP contribution in [0.4, 0.5) is 0 Å². The molecule has 15 heavy (non-hydrogen) atoms. The maximum atomic E-state index is 9.45. The first-order valence-corrected chi connectivity index (χ1v) is 4.82. The van der Waals surface area contributed by atoms with Crippen LogP contribution in [0, 0.1) is 18.8 Å². The molecule has 0 aliphatic rings. The first-order chi connectivity index (χ1) is 6.92. The van der Waals surface area contributed by atoms with Crippen molar-refractivity contribution in [3.63, 3.8) is 0 Å². The van der Waals surface area contributed by atoms with E-state index in [1.54, 1.807) is 21.0 Å². The number of aryl methyl sites for hydroxylation is 1. The molecule has 0 atom stereocenters. The molecule has 0 unspecified atom stereocenters. The van der Waals surface area contributed by atoms with E-state index in [1.807, 2.05) is 25.1 Å². The van der Waals surface area contributed by atoms with Crippen LogP contribution >= 0.6 is 0 Å². The molecule has 1 aromatic rings. The highest BCUT2D eigenvalue weighted by atomic mass is 16.5. The minimum atomic E-state index is -0.951. The van der Waals surface area contributed by atoms with Gasteiger partial charge in [0.1, 0.15) is 11.4 Å². The minimum absolute atomic E-state index is 0.851. The Kier molecular flexibility index (Phi) is 3.39. The molecule has 1 aromatic carbocycles. The number of aliphatic hydroxyl groups is 1. The Hall–Kier alpha value is -1.46. The molecule has 0 aliphatic carbocycles. The molecule has 0 heterocycles. The third-order valence-electron chi connectivity index (χ3n) is 1.91. The van der Waals surface area contributed by atoms with E-state index < -0.39 is 5.60 Å². The smallest absolute Gasteiger partial charge is 0.121 e. The maximum absolute atomic E-state index is 9.45. The van der Waals surface area contributed by atoms with Gasteiger partial charge in [-0.05, 0) is 44.5 Å². The van der Waals surface area contributed by atoms with Gasteiger partial charge in [0.15, 0.2) is 0 Å². The lowest BCUT2D eigenvalue weighted by Crippen LogP contribution is -2.14. The SMILES string of the molecule is COc1ccc(C#CC(C)(C)O)cc1C. The second-order valence-corrected chi connectivity index (χ2v) is 3.99. The van der Waals surface area contributed by atoms with E-state index >= 15 is 0 Å². The molecule has 0 aromatic heterocycles. The highest BCUT2D eigenvalue weighted by Crippen LogP contribution is 2.17. The largest absolute Gasteiger partial charge is 0.496 e. The van der Waals surface area contributed by atoms with Crippen LogP contribution in [0.3, 0.4) is 0 Å². The van der Waals surface area contributed by atoms with Crippen LogP contribution in [-0.2, 0) is 0 Å². The highest BCUT2D eigenvalue weighted by Gasteiger charge is 2.05. The van der Waals surface area contributed by atoms with Crippen LogP contribution in [0.15, 0.2) is 18.2 Å². The molecular formula is C13H16O2. The molecule has 0 amide bonds. The highest BCUT2D eigenvalue weighted by molar-refractivity contribution is 5.44. The van der Waals surface area contributed by atoms with Crippen LogP contribution in [-0.4, -0.2) is 17.8 Å². The van der Waals surface area contributed by atoms with Gasteiger partial charge in [-0.2, -0.15) is 0 Å². The van der Waals surface area contributed by atoms with E-state index in [0.29, 0.717) is 0 Å². The molecule has 0 bridgehead atoms. The van der Waals surface area contributed by atoms with E-state index in [4.69, 9.17) is 4.74 Å². The number of rotatable bonds is 1. The van der Waals surface area contributed by atoms with Crippen molar-refractivity contribution in [1.29, 1.82) is 0 Å². The van der Waals surface area contributed by atoms with Gasteiger partial charge in [-0.25, -0.2) is 0 Å². The van der Waals surface area contributed by atoms with Gasteiger partial charge in [0.2, 0.25) is 0 Å². The number of hydrogen-bond donors (Lipinski definition) is 1. The molecule has 0 spiro atoms. The summed E-state index contributed by atoms with van der Waals surface area (Å²) in [4.78, 5) is 0. The zero-order valence-corrected chi connectivity index (χ0v) is 9.59. The quantitative estimate of drug-likeness (QED) is 0.710. The molecule has 80 valence electrons. The number of methoxy groups -OCH3 is 1. The molecular weight excluding hydrogens is 188 g/mol. The Bertz CT molecular complexity index is 403. The summed E-state index contributed by atoms with van der Waals surface area (Å²) < 4.78 is 5.15. The van der Waals surface area contributed by atoms with Crippen molar-refractivity contribution in [2.45, 2.75) is 26.4 Å². The van der Waals surface area contributed by atoms with Crippen LogP contribution in [0.25, 0.3) is 0 Å². The van der Waals surface area contributed by atoms with E-state index in [-0.39, 0.29) is 0 Å². The molecule has 0 saturated carbocycles. The standard InChI is InChI=1S/C13H16O2/c1-10-9-11(5-6-12(10)15-4)7-8-13(2,3)14/h5-6,9,14H,1-4H3. The first-order valence-electron chi connectivity index (χ1n) is 4.82. The fourth-order valence-electron chi connectivity index (χ4n) is 1.18. The van der Waals surface area contributed by atoms with Crippen molar-refractivity contribution < 1.29 is 9.84 Å². The fraction of sp³-hybridized carbons (Fsp3) is 0.385. The summed E-state index contributed by atoms with van der Waals surface area (Å²) in [6, 6.07) is 5.70. The topological polar surface area (TPSA) is 29.5 Å². The zero-order valence-electron chi connectivity index (χ0n) is 9.59. The van der Waals surface area contributed by atoms with Crippen molar-refractivity contribution in [3.8, 4) is 17.6 Å². The average Bonchev–Trinajstić information content (AvgIpc) is 2.14. The van der Waals surface area contributed by atoms with Crippen LogP contribution in [0.5, 0.6) is 5.75 Å². The molecule has 2 heteroatoms. The number of benzene rings is 1. The molecule has 1 N–H and O–H groups in total. The number of ether oxygens (including phenoxy) is 1. The van der Waals surface area contributed by atoms with Gasteiger partial charge >= 0.3 is 0 Å². The van der Waals surface area contributed by atoms with E-state index in [9.17, 15) is 5.11 Å². The lowest BCUT2D eigenvalue weighted by molar-refractivity contribution is 0.143. The Morgan fingerprint density at radius 1 is 1.33 bits per heavy atom. The Balaban J connectivity index is 2.97. The molecule has 1 rings (SSSR count). The molecule has 0 radical (unpaired) electrons. The van der Waals surface area contributed by atoms with Crippen molar-refractivity contribution >= 4 is 0 Å². The van der Waals surface area contributed by atoms with Gasteiger partial charge in [-0.15, -0.1) is 0 Å². The van der Waals surface area contributed by atoms with E-state index in [1.165, 1.54) is 0 Å². The van der Waals surface area contributed by atoms with Crippen molar-refractivity contribution in [1.82, 2.24) is 0 Å². The van der Waals surface area contributed by atoms with Gasteiger partial charge in [0.05, 0.1) is 7.11 Å². The first kappa shape index (κ1) is 11.6. The van der Waals surface area contributed by atoms with Crippen LogP contribution in [0.1, 0.15) is 25.0 Å². The molecule has 0 aliphatic heterocycles. The maximum Gasteiger partial charge on any atom is 0.121 e.